The van der Waals surface area contributed by atoms with Crippen LogP contribution in [0.15, 0.2) is 11.1 Å². The van der Waals surface area contributed by atoms with Gasteiger partial charge in [-0.25, -0.2) is 4.98 Å². The SMILES string of the molecule is CSc1nc(C(C)C)cc(C(C)C)c1C#N. The van der Waals surface area contributed by atoms with Crippen molar-refractivity contribution in [2.24, 2.45) is 0 Å². The molecular formula is C13H18N2S. The fourth-order valence-electron chi connectivity index (χ4n) is 1.57. The molecule has 0 atom stereocenters. The maximum absolute atomic E-state index is 9.21. The van der Waals surface area contributed by atoms with Crippen LogP contribution in [-0.4, -0.2) is 11.2 Å². The van der Waals surface area contributed by atoms with Gasteiger partial charge in [-0.1, -0.05) is 27.7 Å². The number of aromatic nitrogens is 1. The van der Waals surface area contributed by atoms with Gasteiger partial charge in [0.1, 0.15) is 11.1 Å². The molecule has 0 N–H and O–H groups in total. The van der Waals surface area contributed by atoms with Crippen molar-refractivity contribution >= 4 is 11.8 Å². The van der Waals surface area contributed by atoms with E-state index in [1.807, 2.05) is 6.26 Å². The Labute approximate surface area is 102 Å². The van der Waals surface area contributed by atoms with Crippen molar-refractivity contribution in [1.29, 1.82) is 5.26 Å². The molecule has 1 aromatic rings. The fourth-order valence-corrected chi connectivity index (χ4v) is 2.14. The Balaban J connectivity index is 3.45. The molecular weight excluding hydrogens is 216 g/mol. The van der Waals surface area contributed by atoms with Gasteiger partial charge in [-0.3, -0.25) is 0 Å². The normalized spacial score (nSPS) is 10.9. The maximum Gasteiger partial charge on any atom is 0.114 e. The van der Waals surface area contributed by atoms with Crippen molar-refractivity contribution < 1.29 is 0 Å². The van der Waals surface area contributed by atoms with Crippen LogP contribution in [0.3, 0.4) is 0 Å². The summed E-state index contributed by atoms with van der Waals surface area (Å²) in [6.07, 6.45) is 1.97. The van der Waals surface area contributed by atoms with E-state index in [2.05, 4.69) is 44.8 Å². The maximum atomic E-state index is 9.21. The zero-order chi connectivity index (χ0) is 12.3. The number of rotatable bonds is 3. The number of nitriles is 1. The molecule has 0 unspecified atom stereocenters. The summed E-state index contributed by atoms with van der Waals surface area (Å²) in [4.78, 5) is 4.55. The molecule has 0 aromatic carbocycles. The molecule has 0 aliphatic carbocycles. The van der Waals surface area contributed by atoms with E-state index in [0.717, 1.165) is 21.8 Å². The standard InChI is InChI=1S/C13H18N2S/c1-8(2)10-6-12(9(3)4)15-13(16-5)11(10)7-14/h6,8-9H,1-5H3. The van der Waals surface area contributed by atoms with E-state index in [-0.39, 0.29) is 0 Å². The Bertz CT molecular complexity index is 417. The quantitative estimate of drug-likeness (QED) is 0.744. The lowest BCUT2D eigenvalue weighted by atomic mass is 9.96. The molecule has 1 rings (SSSR count). The van der Waals surface area contributed by atoms with Gasteiger partial charge < -0.3 is 0 Å². The molecule has 0 fully saturated rings. The van der Waals surface area contributed by atoms with Gasteiger partial charge in [0, 0.05) is 5.69 Å². The second kappa shape index (κ2) is 5.36. The van der Waals surface area contributed by atoms with Crippen molar-refractivity contribution in [2.45, 2.75) is 44.6 Å². The first-order chi connectivity index (χ1) is 7.51. The Hall–Kier alpha value is -1.01. The Kier molecular flexibility index (Phi) is 4.37. The smallest absolute Gasteiger partial charge is 0.114 e. The highest BCUT2D eigenvalue weighted by molar-refractivity contribution is 7.98. The van der Waals surface area contributed by atoms with E-state index >= 15 is 0 Å². The number of thioether (sulfide) groups is 1. The van der Waals surface area contributed by atoms with Crippen molar-refractivity contribution in [3.8, 4) is 6.07 Å². The molecule has 86 valence electrons. The summed E-state index contributed by atoms with van der Waals surface area (Å²) in [6.45, 7) is 8.49. The van der Waals surface area contributed by atoms with Gasteiger partial charge in [0.05, 0.1) is 5.56 Å². The summed E-state index contributed by atoms with van der Waals surface area (Å²) in [5.41, 5.74) is 2.93. The summed E-state index contributed by atoms with van der Waals surface area (Å²) in [5.74, 6) is 0.761. The van der Waals surface area contributed by atoms with Crippen LogP contribution in [0, 0.1) is 11.3 Å². The molecule has 1 heterocycles. The molecule has 0 amide bonds. The summed E-state index contributed by atoms with van der Waals surface area (Å²) < 4.78 is 0. The summed E-state index contributed by atoms with van der Waals surface area (Å²) in [6, 6.07) is 4.36. The van der Waals surface area contributed by atoms with Gasteiger partial charge in [0.15, 0.2) is 0 Å². The van der Waals surface area contributed by atoms with E-state index in [1.165, 1.54) is 0 Å². The third-order valence-electron chi connectivity index (χ3n) is 2.56. The molecule has 3 heteroatoms. The Morgan fingerprint density at radius 2 is 1.88 bits per heavy atom. The van der Waals surface area contributed by atoms with Crippen molar-refractivity contribution in [3.63, 3.8) is 0 Å². The monoisotopic (exact) mass is 234 g/mol. The third kappa shape index (κ3) is 2.56. The molecule has 0 saturated heterocycles. The number of nitrogens with zero attached hydrogens (tertiary/aromatic N) is 2. The van der Waals surface area contributed by atoms with Crippen LogP contribution in [0.1, 0.15) is 56.4 Å². The summed E-state index contributed by atoms with van der Waals surface area (Å²) >= 11 is 1.55. The third-order valence-corrected chi connectivity index (χ3v) is 3.24. The van der Waals surface area contributed by atoms with Gasteiger partial charge in [0.2, 0.25) is 0 Å². The van der Waals surface area contributed by atoms with E-state index in [9.17, 15) is 5.26 Å². The average Bonchev–Trinajstić information content (AvgIpc) is 2.26. The van der Waals surface area contributed by atoms with Crippen LogP contribution in [-0.2, 0) is 0 Å². The highest BCUT2D eigenvalue weighted by Crippen LogP contribution is 2.29. The van der Waals surface area contributed by atoms with Gasteiger partial charge in [-0.2, -0.15) is 5.26 Å². The lowest BCUT2D eigenvalue weighted by Gasteiger charge is -2.14. The zero-order valence-electron chi connectivity index (χ0n) is 10.5. The highest BCUT2D eigenvalue weighted by Gasteiger charge is 2.15. The molecule has 0 spiro atoms. The van der Waals surface area contributed by atoms with Crippen molar-refractivity contribution in [1.82, 2.24) is 4.98 Å². The summed E-state index contributed by atoms with van der Waals surface area (Å²) in [5, 5.41) is 10.1. The second-order valence-electron chi connectivity index (χ2n) is 4.44. The minimum absolute atomic E-state index is 0.362. The molecule has 2 nitrogen and oxygen atoms in total. The molecule has 16 heavy (non-hydrogen) atoms. The first-order valence-electron chi connectivity index (χ1n) is 5.50. The van der Waals surface area contributed by atoms with Crippen molar-refractivity contribution in [2.75, 3.05) is 6.26 Å². The first-order valence-corrected chi connectivity index (χ1v) is 6.72. The molecule has 0 bridgehead atoms. The number of pyridine rings is 1. The predicted octanol–water partition coefficient (Wildman–Crippen LogP) is 3.92. The summed E-state index contributed by atoms with van der Waals surface area (Å²) in [7, 11) is 0. The molecule has 0 aliphatic rings. The number of hydrogen-bond acceptors (Lipinski definition) is 3. The van der Waals surface area contributed by atoms with Gasteiger partial charge in [0.25, 0.3) is 0 Å². The Morgan fingerprint density at radius 3 is 2.25 bits per heavy atom. The van der Waals surface area contributed by atoms with Crippen LogP contribution in [0.25, 0.3) is 0 Å². The van der Waals surface area contributed by atoms with Gasteiger partial charge in [-0.15, -0.1) is 11.8 Å². The molecule has 0 radical (unpaired) electrons. The minimum Gasteiger partial charge on any atom is -0.245 e. The average molecular weight is 234 g/mol. The van der Waals surface area contributed by atoms with Crippen LogP contribution in [0.4, 0.5) is 0 Å². The van der Waals surface area contributed by atoms with E-state index < -0.39 is 0 Å². The van der Waals surface area contributed by atoms with Gasteiger partial charge in [-0.05, 0) is 29.7 Å². The van der Waals surface area contributed by atoms with Crippen LogP contribution in [0.2, 0.25) is 0 Å². The highest BCUT2D eigenvalue weighted by atomic mass is 32.2. The lowest BCUT2D eigenvalue weighted by Crippen LogP contribution is -2.03. The van der Waals surface area contributed by atoms with E-state index in [4.69, 9.17) is 0 Å². The lowest BCUT2D eigenvalue weighted by molar-refractivity contribution is 0.774. The van der Waals surface area contributed by atoms with E-state index in [1.54, 1.807) is 11.8 Å². The molecule has 1 aromatic heterocycles. The van der Waals surface area contributed by atoms with Gasteiger partial charge >= 0.3 is 0 Å². The zero-order valence-corrected chi connectivity index (χ0v) is 11.4. The van der Waals surface area contributed by atoms with Crippen LogP contribution in [0.5, 0.6) is 0 Å². The van der Waals surface area contributed by atoms with Crippen LogP contribution < -0.4 is 0 Å². The van der Waals surface area contributed by atoms with Crippen LogP contribution >= 0.6 is 11.8 Å². The van der Waals surface area contributed by atoms with Crippen molar-refractivity contribution in [3.05, 3.63) is 22.9 Å². The minimum atomic E-state index is 0.362. The second-order valence-corrected chi connectivity index (χ2v) is 5.24. The fraction of sp³-hybridized carbons (Fsp3) is 0.538. The topological polar surface area (TPSA) is 36.7 Å². The molecule has 0 aliphatic heterocycles. The number of hydrogen-bond donors (Lipinski definition) is 0. The predicted molar refractivity (Wildman–Crippen MR) is 68.9 cm³/mol. The van der Waals surface area contributed by atoms with E-state index in [0.29, 0.717) is 11.8 Å². The molecule has 0 saturated carbocycles. The Morgan fingerprint density at radius 1 is 1.25 bits per heavy atom. The first kappa shape index (κ1) is 13.1. The largest absolute Gasteiger partial charge is 0.245 e.